The second kappa shape index (κ2) is 12.3. The van der Waals surface area contributed by atoms with Gasteiger partial charge in [-0.1, -0.05) is 11.8 Å². The van der Waals surface area contributed by atoms with Crippen molar-refractivity contribution in [3.63, 3.8) is 0 Å². The van der Waals surface area contributed by atoms with Crippen molar-refractivity contribution in [2.45, 2.75) is 35.6 Å². The SMILES string of the molecule is CNC(=O)c1ccc(NCC#Cc2cc3c(N[C@@H]4CCN(C)C[C@@H]4F)cccn3c2SC(F)(F)F)c(C(F)F)c1. The molecular formula is C27H27F6N5OS. The lowest BCUT2D eigenvalue weighted by molar-refractivity contribution is -0.0329. The zero-order chi connectivity index (χ0) is 29.0. The standard InChI is InChI=1S/C27H27F6N5OS/c1-34-25(39)16-7-8-20(18(13-16)24(29)30)35-10-3-5-17-14-23-22(36-21-9-12-37(2)15-19(21)28)6-4-11-38(23)26(17)40-27(31,32)33/h4,6-8,11,13-14,19,21,24,35-36H,9-10,12,15H2,1-2H3,(H,34,39)/t19-,21+/m0/s1. The summed E-state index contributed by atoms with van der Waals surface area (Å²) in [6.07, 6.45) is -2.01. The maximum absolute atomic E-state index is 14.6. The summed E-state index contributed by atoms with van der Waals surface area (Å²) in [5.41, 5.74) is -3.91. The smallest absolute Gasteiger partial charge is 0.378 e. The monoisotopic (exact) mass is 583 g/mol. The normalized spacial score (nSPS) is 17.9. The first-order valence-electron chi connectivity index (χ1n) is 12.3. The number of amides is 1. The predicted molar refractivity (Wildman–Crippen MR) is 144 cm³/mol. The van der Waals surface area contributed by atoms with E-state index in [2.05, 4.69) is 27.8 Å². The van der Waals surface area contributed by atoms with Gasteiger partial charge in [0.15, 0.2) is 0 Å². The van der Waals surface area contributed by atoms with E-state index in [1.54, 1.807) is 12.1 Å². The maximum atomic E-state index is 14.6. The molecule has 1 fully saturated rings. The Balaban J connectivity index is 1.61. The van der Waals surface area contributed by atoms with Crippen molar-refractivity contribution in [1.82, 2.24) is 14.6 Å². The molecule has 0 aliphatic carbocycles. The number of fused-ring (bicyclic) bond motifs is 1. The first kappa shape index (κ1) is 29.5. The lowest BCUT2D eigenvalue weighted by Gasteiger charge is -2.33. The molecule has 3 heterocycles. The number of likely N-dealkylation sites (tertiary alicyclic amines) is 1. The highest BCUT2D eigenvalue weighted by Crippen LogP contribution is 2.41. The van der Waals surface area contributed by atoms with E-state index >= 15 is 0 Å². The van der Waals surface area contributed by atoms with Gasteiger partial charge in [0.05, 0.1) is 29.4 Å². The van der Waals surface area contributed by atoms with Crippen LogP contribution in [0.25, 0.3) is 5.52 Å². The summed E-state index contributed by atoms with van der Waals surface area (Å²) in [5, 5.41) is 8.09. The van der Waals surface area contributed by atoms with E-state index in [-0.39, 0.29) is 46.7 Å². The van der Waals surface area contributed by atoms with E-state index < -0.39 is 35.6 Å². The molecular weight excluding hydrogens is 556 g/mol. The van der Waals surface area contributed by atoms with E-state index in [4.69, 9.17) is 0 Å². The summed E-state index contributed by atoms with van der Waals surface area (Å²) in [6, 6.07) is 8.02. The Morgan fingerprint density at radius 3 is 2.65 bits per heavy atom. The molecule has 1 amide bonds. The van der Waals surface area contributed by atoms with Crippen molar-refractivity contribution in [3.8, 4) is 11.8 Å². The number of pyridine rings is 1. The number of carbonyl (C=O) groups is 1. The number of halogens is 6. The van der Waals surface area contributed by atoms with E-state index in [1.807, 2.05) is 11.9 Å². The Morgan fingerprint density at radius 1 is 1.20 bits per heavy atom. The van der Waals surface area contributed by atoms with Crippen LogP contribution in [0, 0.1) is 11.8 Å². The summed E-state index contributed by atoms with van der Waals surface area (Å²) in [4.78, 5) is 13.7. The Kier molecular flexibility index (Phi) is 9.10. The summed E-state index contributed by atoms with van der Waals surface area (Å²) >= 11 is -0.319. The van der Waals surface area contributed by atoms with Crippen LogP contribution in [0.3, 0.4) is 0 Å². The quantitative estimate of drug-likeness (QED) is 0.188. The minimum Gasteiger partial charge on any atom is -0.378 e. The number of anilines is 2. The lowest BCUT2D eigenvalue weighted by atomic mass is 10.0. The fraction of sp³-hybridized carbons (Fsp3) is 0.370. The molecule has 1 aromatic carbocycles. The van der Waals surface area contributed by atoms with Crippen molar-refractivity contribution in [2.24, 2.45) is 0 Å². The maximum Gasteiger partial charge on any atom is 0.447 e. The van der Waals surface area contributed by atoms with Crippen LogP contribution in [0.2, 0.25) is 0 Å². The number of nitrogens with zero attached hydrogens (tertiary/aromatic N) is 2. The minimum atomic E-state index is -4.59. The summed E-state index contributed by atoms with van der Waals surface area (Å²) in [5.74, 6) is 4.90. The van der Waals surface area contributed by atoms with Crippen LogP contribution in [0.15, 0.2) is 47.6 Å². The summed E-state index contributed by atoms with van der Waals surface area (Å²) < 4.78 is 83.5. The number of hydrogen-bond donors (Lipinski definition) is 3. The molecule has 0 radical (unpaired) electrons. The second-order valence-corrected chi connectivity index (χ2v) is 10.3. The molecule has 6 nitrogen and oxygen atoms in total. The lowest BCUT2D eigenvalue weighted by Crippen LogP contribution is -2.46. The van der Waals surface area contributed by atoms with Crippen molar-refractivity contribution in [1.29, 1.82) is 0 Å². The number of alkyl halides is 6. The molecule has 2 aromatic heterocycles. The second-order valence-electron chi connectivity index (χ2n) is 9.24. The molecule has 40 heavy (non-hydrogen) atoms. The van der Waals surface area contributed by atoms with Gasteiger partial charge >= 0.3 is 5.51 Å². The van der Waals surface area contributed by atoms with Crippen LogP contribution in [-0.2, 0) is 0 Å². The molecule has 3 aromatic rings. The minimum absolute atomic E-state index is 0.0503. The molecule has 214 valence electrons. The van der Waals surface area contributed by atoms with Crippen molar-refractivity contribution >= 4 is 34.6 Å². The fourth-order valence-corrected chi connectivity index (χ4v) is 5.18. The van der Waals surface area contributed by atoms with Crippen LogP contribution in [0.5, 0.6) is 0 Å². The van der Waals surface area contributed by atoms with Crippen molar-refractivity contribution in [3.05, 3.63) is 59.3 Å². The molecule has 0 unspecified atom stereocenters. The Bertz CT molecular complexity index is 1430. The van der Waals surface area contributed by atoms with Gasteiger partial charge in [-0.15, -0.1) is 0 Å². The summed E-state index contributed by atoms with van der Waals surface area (Å²) in [7, 11) is 3.21. The third-order valence-corrected chi connectivity index (χ3v) is 7.27. The van der Waals surface area contributed by atoms with Gasteiger partial charge in [0.25, 0.3) is 12.3 Å². The molecule has 3 N–H and O–H groups in total. The highest BCUT2D eigenvalue weighted by Gasteiger charge is 2.33. The van der Waals surface area contributed by atoms with Crippen LogP contribution < -0.4 is 16.0 Å². The van der Waals surface area contributed by atoms with Gasteiger partial charge in [-0.2, -0.15) is 13.2 Å². The van der Waals surface area contributed by atoms with Crippen LogP contribution >= 0.6 is 11.8 Å². The van der Waals surface area contributed by atoms with Gasteiger partial charge in [-0.25, -0.2) is 13.2 Å². The van der Waals surface area contributed by atoms with Gasteiger partial charge < -0.3 is 25.3 Å². The van der Waals surface area contributed by atoms with Gasteiger partial charge in [0, 0.05) is 54.9 Å². The molecule has 1 aliphatic rings. The first-order chi connectivity index (χ1) is 19.0. The van der Waals surface area contributed by atoms with Gasteiger partial charge in [-0.3, -0.25) is 4.79 Å². The predicted octanol–water partition coefficient (Wildman–Crippen LogP) is 5.77. The molecule has 0 bridgehead atoms. The third kappa shape index (κ3) is 6.98. The van der Waals surface area contributed by atoms with Gasteiger partial charge in [0.1, 0.15) is 11.2 Å². The fourth-order valence-electron chi connectivity index (χ4n) is 4.49. The van der Waals surface area contributed by atoms with Crippen LogP contribution in [-0.4, -0.2) is 66.7 Å². The zero-order valence-electron chi connectivity index (χ0n) is 21.6. The Morgan fingerprint density at radius 2 is 1.98 bits per heavy atom. The first-order valence-corrected chi connectivity index (χ1v) is 13.1. The topological polar surface area (TPSA) is 60.8 Å². The van der Waals surface area contributed by atoms with Gasteiger partial charge in [0.2, 0.25) is 0 Å². The van der Waals surface area contributed by atoms with Crippen LogP contribution in [0.1, 0.15) is 34.3 Å². The average molecular weight is 584 g/mol. The molecule has 1 aliphatic heterocycles. The zero-order valence-corrected chi connectivity index (χ0v) is 22.4. The number of rotatable bonds is 7. The molecule has 13 heteroatoms. The number of aromatic nitrogens is 1. The number of carbonyl (C=O) groups excluding carboxylic acids is 1. The summed E-state index contributed by atoms with van der Waals surface area (Å²) in [6.45, 7) is 0.789. The number of hydrogen-bond acceptors (Lipinski definition) is 5. The highest BCUT2D eigenvalue weighted by molar-refractivity contribution is 8.00. The van der Waals surface area contributed by atoms with Crippen molar-refractivity contribution in [2.75, 3.05) is 44.4 Å². The molecule has 2 atom stereocenters. The Hall–Kier alpha value is -3.50. The third-order valence-electron chi connectivity index (χ3n) is 6.43. The molecule has 1 saturated heterocycles. The Labute approximate surface area is 231 Å². The number of nitrogens with one attached hydrogen (secondary N) is 3. The largest absolute Gasteiger partial charge is 0.447 e. The molecule has 0 spiro atoms. The molecule has 4 rings (SSSR count). The average Bonchev–Trinajstić information content (AvgIpc) is 3.24. The number of piperidine rings is 1. The van der Waals surface area contributed by atoms with Crippen molar-refractivity contribution < 1.29 is 31.1 Å². The number of benzene rings is 1. The number of thioether (sulfide) groups is 1. The van der Waals surface area contributed by atoms with E-state index in [9.17, 15) is 31.1 Å². The van der Waals surface area contributed by atoms with E-state index in [0.29, 0.717) is 24.2 Å². The van der Waals surface area contributed by atoms with Gasteiger partial charge in [-0.05, 0) is 49.9 Å². The highest BCUT2D eigenvalue weighted by atomic mass is 32.2. The molecule has 0 saturated carbocycles. The van der Waals surface area contributed by atoms with E-state index in [1.165, 1.54) is 35.8 Å². The van der Waals surface area contributed by atoms with Crippen LogP contribution in [0.4, 0.5) is 37.7 Å². The van der Waals surface area contributed by atoms with E-state index in [0.717, 1.165) is 6.07 Å².